The number of methoxy groups -OCH3 is 1. The first-order valence-electron chi connectivity index (χ1n) is 18.6. The average Bonchev–Trinajstić information content (AvgIpc) is 4.04. The Hall–Kier alpha value is -4.10. The minimum Gasteiger partial charge on any atom is -0.466 e. The van der Waals surface area contributed by atoms with Crippen LogP contribution in [0.4, 0.5) is 0 Å². The molecule has 0 amide bonds. The lowest BCUT2D eigenvalue weighted by Crippen LogP contribution is -2.67. The maximum absolute atomic E-state index is 14.6. The summed E-state index contributed by atoms with van der Waals surface area (Å²) in [6.07, 6.45) is 1.22. The van der Waals surface area contributed by atoms with E-state index in [2.05, 4.69) is 6.92 Å². The van der Waals surface area contributed by atoms with Crippen LogP contribution in [-0.2, 0) is 52.5 Å². The Morgan fingerprint density at radius 1 is 0.925 bits per heavy atom. The molecule has 0 unspecified atom stereocenters. The number of ketones is 1. The summed E-state index contributed by atoms with van der Waals surface area (Å²) in [5.74, 6) is -6.30. The fraction of sp³-hybridized carbons (Fsp3) is 0.650. The third-order valence-electron chi connectivity index (χ3n) is 15.1. The normalized spacial score (nSPS) is 47.3. The predicted molar refractivity (Wildman–Crippen MR) is 179 cm³/mol. The lowest BCUT2D eigenvalue weighted by molar-refractivity contribution is -0.191. The molecule has 0 saturated heterocycles. The molecule has 282 valence electrons. The standard InChI is InChI=1S/C40H44O13/c1-16-8-29(43)52-15-39(48)24-11-23(24)37(3)25(39)12-22-20(14-51-28(42)7-6-27(41)50-13-16)36(47)53-40(22)26(37)10-19-18-9-21(18)38(4)31(19)32(40)30(33(44)34(38)45)17(2)35(46)49-5/h8,18,21,23-26,32,34,45,48H,6-7,9-15H2,1-5H3/b16-8-,30-17-/t18-,21-,23-,24+,25-,26+,32+,34+,37+,38+,39+,40+/m1/s1. The van der Waals surface area contributed by atoms with Crippen LogP contribution in [0.25, 0.3) is 0 Å². The van der Waals surface area contributed by atoms with E-state index in [1.807, 2.05) is 6.92 Å². The number of hydrogen-bond acceptors (Lipinski definition) is 13. The van der Waals surface area contributed by atoms with Crippen LogP contribution in [0.5, 0.6) is 0 Å². The Balaban J connectivity index is 1.26. The van der Waals surface area contributed by atoms with Gasteiger partial charge in [-0.1, -0.05) is 19.4 Å². The number of aliphatic hydroxyl groups is 2. The first-order valence-corrected chi connectivity index (χ1v) is 18.6. The van der Waals surface area contributed by atoms with Gasteiger partial charge in [-0.05, 0) is 85.3 Å². The van der Waals surface area contributed by atoms with Crippen molar-refractivity contribution in [2.75, 3.05) is 26.9 Å². The lowest BCUT2D eigenvalue weighted by Gasteiger charge is -2.63. The maximum Gasteiger partial charge on any atom is 0.338 e. The van der Waals surface area contributed by atoms with Gasteiger partial charge in [0.1, 0.15) is 37.1 Å². The first kappa shape index (κ1) is 34.7. The van der Waals surface area contributed by atoms with Crippen molar-refractivity contribution < 1.29 is 62.7 Å². The van der Waals surface area contributed by atoms with Gasteiger partial charge in [-0.15, -0.1) is 0 Å². The van der Waals surface area contributed by atoms with E-state index in [9.17, 15) is 39.0 Å². The number of cyclic esters (lactones) is 3. The second-order valence-electron chi connectivity index (χ2n) is 17.3. The van der Waals surface area contributed by atoms with Crippen molar-refractivity contribution in [3.63, 3.8) is 0 Å². The minimum atomic E-state index is -1.51. The molecule has 13 heteroatoms. The summed E-state index contributed by atoms with van der Waals surface area (Å²) in [5, 5.41) is 24.6. The van der Waals surface area contributed by atoms with Crippen LogP contribution in [0.15, 0.2) is 45.1 Å². The molecular weight excluding hydrogens is 688 g/mol. The molecule has 0 aromatic rings. The zero-order valence-corrected chi connectivity index (χ0v) is 30.4. The fourth-order valence-electron chi connectivity index (χ4n) is 12.7. The molecule has 0 aromatic carbocycles. The van der Waals surface area contributed by atoms with E-state index in [1.165, 1.54) is 20.1 Å². The SMILES string of the molecule is COC(=O)/C(C)=C1\C(=O)[C@H](O)[C@]2(C)C3=C(C[C@@H]4[C@]5(OC(=O)C6=C5C[C@H]5[C@](O)(COC(=O)/C=C(/C)COC(=O)CCC(=O)OC6)[C@H]6C[C@H]6[C@]45C)[C@H]31)[C@H]1C[C@H]12. The van der Waals surface area contributed by atoms with Crippen molar-refractivity contribution in [1.29, 1.82) is 0 Å². The molecule has 5 fully saturated rings. The van der Waals surface area contributed by atoms with E-state index in [4.69, 9.17) is 23.7 Å². The average molecular weight is 733 g/mol. The molecule has 2 bridgehead atoms. The van der Waals surface area contributed by atoms with Gasteiger partial charge in [0, 0.05) is 34.5 Å². The highest BCUT2D eigenvalue weighted by Gasteiger charge is 2.84. The number of aliphatic hydroxyl groups excluding tert-OH is 1. The molecule has 1 spiro atoms. The topological polar surface area (TPSA) is 189 Å². The van der Waals surface area contributed by atoms with Crippen LogP contribution in [0, 0.1) is 52.3 Å². The Labute approximate surface area is 305 Å². The van der Waals surface area contributed by atoms with Crippen LogP contribution >= 0.6 is 0 Å². The molecule has 5 saturated carbocycles. The van der Waals surface area contributed by atoms with Crippen LogP contribution in [-0.4, -0.2) is 90.1 Å². The molecule has 9 rings (SSSR count). The number of carbonyl (C=O) groups excluding carboxylic acids is 6. The van der Waals surface area contributed by atoms with Crippen molar-refractivity contribution >= 4 is 35.6 Å². The number of rotatable bonds is 1. The largest absolute Gasteiger partial charge is 0.466 e. The van der Waals surface area contributed by atoms with Gasteiger partial charge in [-0.3, -0.25) is 14.4 Å². The zero-order valence-electron chi connectivity index (χ0n) is 30.4. The monoisotopic (exact) mass is 732 g/mol. The summed E-state index contributed by atoms with van der Waals surface area (Å²) >= 11 is 0. The number of fused-ring (bicyclic) bond motifs is 7. The Bertz CT molecular complexity index is 1970. The zero-order chi connectivity index (χ0) is 37.7. The minimum absolute atomic E-state index is 0.00140. The highest BCUT2D eigenvalue weighted by molar-refractivity contribution is 6.09. The third-order valence-corrected chi connectivity index (χ3v) is 15.1. The van der Waals surface area contributed by atoms with E-state index in [0.717, 1.165) is 17.6 Å². The quantitative estimate of drug-likeness (QED) is 0.173. The molecule has 2 N–H and O–H groups in total. The van der Waals surface area contributed by atoms with Crippen molar-refractivity contribution in [2.24, 2.45) is 52.3 Å². The maximum atomic E-state index is 14.6. The Morgan fingerprint density at radius 2 is 1.62 bits per heavy atom. The Kier molecular flexibility index (Phi) is 7.19. The first-order chi connectivity index (χ1) is 25.0. The molecule has 2 aliphatic heterocycles. The molecule has 9 aliphatic rings. The predicted octanol–water partition coefficient (Wildman–Crippen LogP) is 2.38. The van der Waals surface area contributed by atoms with Gasteiger partial charge < -0.3 is 33.9 Å². The van der Waals surface area contributed by atoms with E-state index in [-0.39, 0.29) is 72.9 Å². The molecule has 0 radical (unpaired) electrons. The molecule has 53 heavy (non-hydrogen) atoms. The summed E-state index contributed by atoms with van der Waals surface area (Å²) < 4.78 is 28.4. The lowest BCUT2D eigenvalue weighted by atomic mass is 9.42. The number of ether oxygens (including phenoxy) is 5. The van der Waals surface area contributed by atoms with Gasteiger partial charge in [-0.25, -0.2) is 14.4 Å². The molecule has 0 aromatic heterocycles. The Morgan fingerprint density at radius 3 is 2.32 bits per heavy atom. The van der Waals surface area contributed by atoms with Gasteiger partial charge >= 0.3 is 29.8 Å². The summed E-state index contributed by atoms with van der Waals surface area (Å²) in [6.45, 7) is 6.15. The fourth-order valence-corrected chi connectivity index (χ4v) is 12.7. The van der Waals surface area contributed by atoms with Gasteiger partial charge in [0.2, 0.25) is 0 Å². The summed E-state index contributed by atoms with van der Waals surface area (Å²) in [5.41, 5.74) is -1.65. The van der Waals surface area contributed by atoms with E-state index in [1.54, 1.807) is 6.92 Å². The summed E-state index contributed by atoms with van der Waals surface area (Å²) in [4.78, 5) is 80.7. The highest BCUT2D eigenvalue weighted by atomic mass is 16.6. The van der Waals surface area contributed by atoms with Crippen molar-refractivity contribution in [2.45, 2.75) is 83.5 Å². The molecule has 13 nitrogen and oxygen atoms in total. The van der Waals surface area contributed by atoms with E-state index >= 15 is 0 Å². The summed E-state index contributed by atoms with van der Waals surface area (Å²) in [6, 6.07) is 0. The number of esters is 5. The number of Topliss-reactive ketones (excluding diaryl/α,β-unsaturated/α-hetero) is 1. The molecule has 7 aliphatic carbocycles. The molecule has 12 atom stereocenters. The van der Waals surface area contributed by atoms with Gasteiger partial charge in [0.15, 0.2) is 5.78 Å². The smallest absolute Gasteiger partial charge is 0.338 e. The number of carbonyl (C=O) groups is 6. The molecular formula is C40H44O13. The third kappa shape index (κ3) is 4.26. The van der Waals surface area contributed by atoms with Crippen LogP contribution in [0.2, 0.25) is 0 Å². The summed E-state index contributed by atoms with van der Waals surface area (Å²) in [7, 11) is 1.22. The van der Waals surface area contributed by atoms with E-state index in [0.29, 0.717) is 24.0 Å². The molecule has 2 heterocycles. The van der Waals surface area contributed by atoms with Gasteiger partial charge in [-0.2, -0.15) is 0 Å². The second-order valence-corrected chi connectivity index (χ2v) is 17.3. The number of hydrogen-bond donors (Lipinski definition) is 2. The van der Waals surface area contributed by atoms with Crippen molar-refractivity contribution in [3.05, 3.63) is 45.1 Å². The van der Waals surface area contributed by atoms with Gasteiger partial charge in [0.05, 0.1) is 31.4 Å². The van der Waals surface area contributed by atoms with Crippen LogP contribution in [0.3, 0.4) is 0 Å². The van der Waals surface area contributed by atoms with Crippen LogP contribution < -0.4 is 0 Å². The van der Waals surface area contributed by atoms with Gasteiger partial charge in [0.25, 0.3) is 0 Å². The van der Waals surface area contributed by atoms with Crippen LogP contribution in [0.1, 0.15) is 66.2 Å². The van der Waals surface area contributed by atoms with E-state index < -0.39 is 88.1 Å². The highest BCUT2D eigenvalue weighted by Crippen LogP contribution is 2.83. The van der Waals surface area contributed by atoms with Crippen molar-refractivity contribution in [1.82, 2.24) is 0 Å². The number of allylic oxidation sites excluding steroid dienone is 1. The van der Waals surface area contributed by atoms with Crippen molar-refractivity contribution in [3.8, 4) is 0 Å². The second kappa shape index (κ2) is 11.0.